The van der Waals surface area contributed by atoms with Crippen LogP contribution in [0.5, 0.6) is 0 Å². The Morgan fingerprint density at radius 1 is 1.21 bits per heavy atom. The molecule has 1 fully saturated rings. The lowest BCUT2D eigenvalue weighted by molar-refractivity contribution is 0.0449. The smallest absolute Gasteiger partial charge is 0.263 e. The Balaban J connectivity index is 2.17. The zero-order valence-corrected chi connectivity index (χ0v) is 11.4. The molecule has 1 aromatic carbocycles. The van der Waals surface area contributed by atoms with Gasteiger partial charge in [-0.15, -0.1) is 0 Å². The Morgan fingerprint density at radius 2 is 1.89 bits per heavy atom. The van der Waals surface area contributed by atoms with E-state index in [9.17, 15) is 13.9 Å². The van der Waals surface area contributed by atoms with Crippen LogP contribution in [0.2, 0.25) is 0 Å². The van der Waals surface area contributed by atoms with E-state index in [1.54, 1.807) is 12.1 Å². The van der Waals surface area contributed by atoms with E-state index in [0.29, 0.717) is 11.5 Å². The fraction of sp³-hybridized carbons (Fsp3) is 0.625. The van der Waals surface area contributed by atoms with E-state index in [-0.39, 0.29) is 11.5 Å². The molecule has 0 amide bonds. The van der Waals surface area contributed by atoms with Crippen molar-refractivity contribution in [2.24, 2.45) is 11.8 Å². The maximum Gasteiger partial charge on any atom is 0.263 e. The predicted octanol–water partition coefficient (Wildman–Crippen LogP) is 4.87. The minimum Gasteiger partial charge on any atom is -0.388 e. The minimum absolute atomic E-state index is 0.000378. The molecule has 1 saturated carbocycles. The van der Waals surface area contributed by atoms with Crippen molar-refractivity contribution in [3.63, 3.8) is 0 Å². The third-order valence-electron chi connectivity index (χ3n) is 4.40. The molecule has 1 aromatic rings. The molecule has 3 unspecified atom stereocenters. The quantitative estimate of drug-likeness (QED) is 0.825. The van der Waals surface area contributed by atoms with Crippen LogP contribution in [-0.4, -0.2) is 5.11 Å². The average molecular weight is 268 g/mol. The molecule has 106 valence electrons. The molecular formula is C16H22F2O. The van der Waals surface area contributed by atoms with Crippen LogP contribution in [0.25, 0.3) is 0 Å². The fourth-order valence-corrected chi connectivity index (χ4v) is 3.28. The van der Waals surface area contributed by atoms with Crippen molar-refractivity contribution >= 4 is 0 Å². The number of hydrogen-bond donors (Lipinski definition) is 1. The summed E-state index contributed by atoms with van der Waals surface area (Å²) < 4.78 is 25.4. The first-order valence-electron chi connectivity index (χ1n) is 7.19. The van der Waals surface area contributed by atoms with Crippen LogP contribution in [0.1, 0.15) is 62.7 Å². The summed E-state index contributed by atoms with van der Waals surface area (Å²) in [6.07, 6.45) is 2.47. The van der Waals surface area contributed by atoms with Gasteiger partial charge in [-0.1, -0.05) is 50.8 Å². The first kappa shape index (κ1) is 14.4. The van der Waals surface area contributed by atoms with Crippen LogP contribution in [0.15, 0.2) is 24.3 Å². The predicted molar refractivity (Wildman–Crippen MR) is 72.1 cm³/mol. The fourth-order valence-electron chi connectivity index (χ4n) is 3.28. The maximum absolute atomic E-state index is 12.7. The van der Waals surface area contributed by atoms with Gasteiger partial charge in [0.25, 0.3) is 6.43 Å². The van der Waals surface area contributed by atoms with Gasteiger partial charge in [-0.3, -0.25) is 0 Å². The summed E-state index contributed by atoms with van der Waals surface area (Å²) in [7, 11) is 0. The zero-order chi connectivity index (χ0) is 13.8. The van der Waals surface area contributed by atoms with E-state index in [0.717, 1.165) is 25.7 Å². The molecule has 0 heterocycles. The number of benzene rings is 1. The first-order valence-corrected chi connectivity index (χ1v) is 7.19. The average Bonchev–Trinajstić information content (AvgIpc) is 2.46. The van der Waals surface area contributed by atoms with E-state index < -0.39 is 12.5 Å². The molecule has 3 atom stereocenters. The lowest BCUT2D eigenvalue weighted by Gasteiger charge is -2.34. The molecule has 0 aromatic heterocycles. The van der Waals surface area contributed by atoms with Crippen molar-refractivity contribution in [1.29, 1.82) is 0 Å². The van der Waals surface area contributed by atoms with Crippen LogP contribution in [0.3, 0.4) is 0 Å². The monoisotopic (exact) mass is 268 g/mol. The topological polar surface area (TPSA) is 20.2 Å². The molecular weight excluding hydrogens is 246 g/mol. The van der Waals surface area contributed by atoms with Gasteiger partial charge in [-0.25, -0.2) is 8.78 Å². The number of aliphatic hydroxyl groups excluding tert-OH is 1. The van der Waals surface area contributed by atoms with Crippen LogP contribution >= 0.6 is 0 Å². The van der Waals surface area contributed by atoms with Gasteiger partial charge < -0.3 is 5.11 Å². The second-order valence-electron chi connectivity index (χ2n) is 5.53. The third-order valence-corrected chi connectivity index (χ3v) is 4.40. The summed E-state index contributed by atoms with van der Waals surface area (Å²) in [6.45, 7) is 2.14. The molecule has 0 spiro atoms. The van der Waals surface area contributed by atoms with Gasteiger partial charge in [0.05, 0.1) is 6.10 Å². The van der Waals surface area contributed by atoms with Crippen molar-refractivity contribution in [2.45, 2.75) is 51.6 Å². The number of aliphatic hydroxyl groups is 1. The highest BCUT2D eigenvalue weighted by Gasteiger charge is 2.30. The Hall–Kier alpha value is -0.960. The molecule has 0 radical (unpaired) electrons. The summed E-state index contributed by atoms with van der Waals surface area (Å²) >= 11 is 0. The normalized spacial score (nSPS) is 25.5. The second kappa shape index (κ2) is 6.47. The lowest BCUT2D eigenvalue weighted by atomic mass is 9.73. The number of hydrogen-bond acceptors (Lipinski definition) is 1. The van der Waals surface area contributed by atoms with Crippen LogP contribution in [0, 0.1) is 11.8 Å². The molecule has 19 heavy (non-hydrogen) atoms. The van der Waals surface area contributed by atoms with Gasteiger partial charge in [0, 0.05) is 5.56 Å². The van der Waals surface area contributed by atoms with Gasteiger partial charge in [0.15, 0.2) is 0 Å². The molecule has 1 aliphatic rings. The Kier molecular flexibility index (Phi) is 4.92. The van der Waals surface area contributed by atoms with Crippen molar-refractivity contribution in [3.8, 4) is 0 Å². The highest BCUT2D eigenvalue weighted by Crippen LogP contribution is 2.40. The lowest BCUT2D eigenvalue weighted by Crippen LogP contribution is -2.25. The summed E-state index contributed by atoms with van der Waals surface area (Å²) in [5, 5.41) is 10.5. The Morgan fingerprint density at radius 3 is 2.58 bits per heavy atom. The molecule has 0 saturated heterocycles. The standard InChI is InChI=1S/C16H22F2O/c1-2-11-6-3-4-9-14(11)15(19)12-7-5-8-13(10-12)16(17)18/h5,7-8,10-11,14-16,19H,2-4,6,9H2,1H3. The van der Waals surface area contributed by atoms with E-state index >= 15 is 0 Å². The summed E-state index contributed by atoms with van der Waals surface area (Å²) in [4.78, 5) is 0. The van der Waals surface area contributed by atoms with Crippen molar-refractivity contribution in [2.75, 3.05) is 0 Å². The Bertz CT molecular complexity index is 405. The zero-order valence-electron chi connectivity index (χ0n) is 11.4. The molecule has 1 aliphatic carbocycles. The molecule has 0 bridgehead atoms. The van der Waals surface area contributed by atoms with Gasteiger partial charge >= 0.3 is 0 Å². The third kappa shape index (κ3) is 3.33. The Labute approximate surface area is 113 Å². The number of rotatable bonds is 4. The van der Waals surface area contributed by atoms with E-state index in [1.165, 1.54) is 18.6 Å². The van der Waals surface area contributed by atoms with Gasteiger partial charge in [0.2, 0.25) is 0 Å². The first-order chi connectivity index (χ1) is 9.13. The molecule has 1 N–H and O–H groups in total. The molecule has 3 heteroatoms. The van der Waals surface area contributed by atoms with Gasteiger partial charge in [-0.2, -0.15) is 0 Å². The van der Waals surface area contributed by atoms with Crippen molar-refractivity contribution in [3.05, 3.63) is 35.4 Å². The molecule has 2 rings (SSSR count). The highest BCUT2D eigenvalue weighted by atomic mass is 19.3. The summed E-state index contributed by atoms with van der Waals surface area (Å²) in [5.41, 5.74) is 0.642. The SMILES string of the molecule is CCC1CCCCC1C(O)c1cccc(C(F)F)c1. The van der Waals surface area contributed by atoms with Gasteiger partial charge in [-0.05, 0) is 29.9 Å². The second-order valence-corrected chi connectivity index (χ2v) is 5.53. The van der Waals surface area contributed by atoms with Gasteiger partial charge in [0.1, 0.15) is 0 Å². The number of alkyl halides is 2. The minimum atomic E-state index is -2.47. The molecule has 1 nitrogen and oxygen atoms in total. The largest absolute Gasteiger partial charge is 0.388 e. The van der Waals surface area contributed by atoms with E-state index in [4.69, 9.17) is 0 Å². The molecule has 0 aliphatic heterocycles. The van der Waals surface area contributed by atoms with Crippen LogP contribution < -0.4 is 0 Å². The maximum atomic E-state index is 12.7. The van der Waals surface area contributed by atoms with Crippen molar-refractivity contribution in [1.82, 2.24) is 0 Å². The number of halogens is 2. The van der Waals surface area contributed by atoms with E-state index in [2.05, 4.69) is 6.92 Å². The van der Waals surface area contributed by atoms with Crippen LogP contribution in [-0.2, 0) is 0 Å². The summed E-state index contributed by atoms with van der Waals surface area (Å²) in [5.74, 6) is 0.727. The van der Waals surface area contributed by atoms with Crippen LogP contribution in [0.4, 0.5) is 8.78 Å². The van der Waals surface area contributed by atoms with Crippen molar-refractivity contribution < 1.29 is 13.9 Å². The highest BCUT2D eigenvalue weighted by molar-refractivity contribution is 5.26. The summed E-state index contributed by atoms with van der Waals surface area (Å²) in [6, 6.07) is 6.25. The van der Waals surface area contributed by atoms with E-state index in [1.807, 2.05) is 0 Å².